The van der Waals surface area contributed by atoms with E-state index >= 15 is 0 Å². The Bertz CT molecular complexity index is 429. The van der Waals surface area contributed by atoms with Crippen molar-refractivity contribution < 1.29 is 9.53 Å². The molecule has 0 aromatic carbocycles. The normalized spacial score (nSPS) is 9.50. The SMILES string of the molecule is CCOC(=O)CSc1ncc(N)cc1C#N. The minimum atomic E-state index is -0.324. The van der Waals surface area contributed by atoms with Crippen LogP contribution in [-0.2, 0) is 9.53 Å². The van der Waals surface area contributed by atoms with Crippen LogP contribution in [0.1, 0.15) is 12.5 Å². The fourth-order valence-corrected chi connectivity index (χ4v) is 1.72. The molecule has 1 rings (SSSR count). The number of hydrogen-bond donors (Lipinski definition) is 1. The number of pyridine rings is 1. The average Bonchev–Trinajstić information content (AvgIpc) is 2.27. The summed E-state index contributed by atoms with van der Waals surface area (Å²) < 4.78 is 4.77. The Morgan fingerprint density at radius 1 is 1.75 bits per heavy atom. The van der Waals surface area contributed by atoms with Gasteiger partial charge in [-0.05, 0) is 13.0 Å². The number of ether oxygens (including phenoxy) is 1. The molecule has 5 nitrogen and oxygen atoms in total. The van der Waals surface area contributed by atoms with Crippen LogP contribution >= 0.6 is 11.8 Å². The molecule has 0 aliphatic carbocycles. The quantitative estimate of drug-likeness (QED) is 0.625. The largest absolute Gasteiger partial charge is 0.465 e. The molecule has 6 heteroatoms. The summed E-state index contributed by atoms with van der Waals surface area (Å²) in [6, 6.07) is 3.50. The van der Waals surface area contributed by atoms with Gasteiger partial charge in [-0.1, -0.05) is 11.8 Å². The summed E-state index contributed by atoms with van der Waals surface area (Å²) in [5.74, 6) is -0.186. The first-order valence-electron chi connectivity index (χ1n) is 4.61. The number of carbonyl (C=O) groups excluding carboxylic acids is 1. The lowest BCUT2D eigenvalue weighted by atomic mass is 10.3. The summed E-state index contributed by atoms with van der Waals surface area (Å²) in [4.78, 5) is 15.1. The first-order chi connectivity index (χ1) is 7.67. The first-order valence-corrected chi connectivity index (χ1v) is 5.60. The molecule has 84 valence electrons. The second-order valence-corrected chi connectivity index (χ2v) is 3.79. The van der Waals surface area contributed by atoms with Crippen LogP contribution in [0.3, 0.4) is 0 Å². The molecule has 0 bridgehead atoms. The molecule has 0 unspecified atom stereocenters. The van der Waals surface area contributed by atoms with Crippen molar-refractivity contribution in [2.24, 2.45) is 0 Å². The van der Waals surface area contributed by atoms with Gasteiger partial charge in [-0.2, -0.15) is 5.26 Å². The predicted molar refractivity (Wildman–Crippen MR) is 60.7 cm³/mol. The van der Waals surface area contributed by atoms with Gasteiger partial charge in [0.2, 0.25) is 0 Å². The van der Waals surface area contributed by atoms with E-state index in [4.69, 9.17) is 15.7 Å². The van der Waals surface area contributed by atoms with Gasteiger partial charge in [0.1, 0.15) is 11.1 Å². The third-order valence-electron chi connectivity index (χ3n) is 1.62. The molecule has 0 fully saturated rings. The Balaban J connectivity index is 2.67. The average molecular weight is 237 g/mol. The molecule has 0 saturated carbocycles. The van der Waals surface area contributed by atoms with Crippen molar-refractivity contribution >= 4 is 23.4 Å². The molecular formula is C10H11N3O2S. The number of carbonyl (C=O) groups is 1. The Morgan fingerprint density at radius 2 is 2.50 bits per heavy atom. The lowest BCUT2D eigenvalue weighted by molar-refractivity contribution is -0.139. The van der Waals surface area contributed by atoms with Crippen molar-refractivity contribution in [1.82, 2.24) is 4.98 Å². The number of hydrogen-bond acceptors (Lipinski definition) is 6. The van der Waals surface area contributed by atoms with Gasteiger partial charge >= 0.3 is 5.97 Å². The van der Waals surface area contributed by atoms with Crippen LogP contribution in [0.4, 0.5) is 5.69 Å². The number of anilines is 1. The Labute approximate surface area is 97.6 Å². The van der Waals surface area contributed by atoms with Crippen molar-refractivity contribution in [3.05, 3.63) is 17.8 Å². The number of rotatable bonds is 4. The van der Waals surface area contributed by atoms with E-state index in [0.29, 0.717) is 22.9 Å². The van der Waals surface area contributed by atoms with Crippen molar-refractivity contribution in [1.29, 1.82) is 5.26 Å². The van der Waals surface area contributed by atoms with E-state index in [1.54, 1.807) is 6.92 Å². The maximum atomic E-state index is 11.1. The number of nitrogens with two attached hydrogens (primary N) is 1. The molecule has 0 aliphatic rings. The van der Waals surface area contributed by atoms with Gasteiger partial charge in [-0.25, -0.2) is 4.98 Å². The van der Waals surface area contributed by atoms with E-state index in [0.717, 1.165) is 11.8 Å². The number of nitriles is 1. The number of esters is 1. The number of nitrogens with zero attached hydrogens (tertiary/aromatic N) is 2. The van der Waals surface area contributed by atoms with Crippen molar-refractivity contribution in [3.8, 4) is 6.07 Å². The van der Waals surface area contributed by atoms with Crippen LogP contribution in [0.15, 0.2) is 17.3 Å². The van der Waals surface area contributed by atoms with E-state index in [1.807, 2.05) is 6.07 Å². The highest BCUT2D eigenvalue weighted by molar-refractivity contribution is 7.99. The van der Waals surface area contributed by atoms with Crippen LogP contribution in [0.25, 0.3) is 0 Å². The molecule has 1 aromatic heterocycles. The highest BCUT2D eigenvalue weighted by Gasteiger charge is 2.08. The van der Waals surface area contributed by atoms with Gasteiger partial charge in [0.15, 0.2) is 0 Å². The van der Waals surface area contributed by atoms with E-state index in [-0.39, 0.29) is 11.7 Å². The molecular weight excluding hydrogens is 226 g/mol. The van der Waals surface area contributed by atoms with E-state index in [9.17, 15) is 4.79 Å². The summed E-state index contributed by atoms with van der Waals surface area (Å²) in [5, 5.41) is 9.33. The van der Waals surface area contributed by atoms with Crippen LogP contribution < -0.4 is 5.73 Å². The van der Waals surface area contributed by atoms with Gasteiger partial charge in [0.25, 0.3) is 0 Å². The van der Waals surface area contributed by atoms with Gasteiger partial charge < -0.3 is 10.5 Å². The fraction of sp³-hybridized carbons (Fsp3) is 0.300. The maximum absolute atomic E-state index is 11.1. The number of aromatic nitrogens is 1. The highest BCUT2D eigenvalue weighted by atomic mass is 32.2. The molecule has 0 radical (unpaired) electrons. The predicted octanol–water partition coefficient (Wildman–Crippen LogP) is 1.19. The third kappa shape index (κ3) is 3.44. The molecule has 0 atom stereocenters. The lowest BCUT2D eigenvalue weighted by Crippen LogP contribution is -2.07. The van der Waals surface area contributed by atoms with Gasteiger partial charge in [0.05, 0.1) is 29.8 Å². The van der Waals surface area contributed by atoms with Gasteiger partial charge in [-0.15, -0.1) is 0 Å². The van der Waals surface area contributed by atoms with Gasteiger partial charge in [0, 0.05) is 0 Å². The summed E-state index contributed by atoms with van der Waals surface area (Å²) in [6.07, 6.45) is 1.45. The van der Waals surface area contributed by atoms with Crippen molar-refractivity contribution in [2.75, 3.05) is 18.1 Å². The molecule has 0 spiro atoms. The minimum Gasteiger partial charge on any atom is -0.465 e. The van der Waals surface area contributed by atoms with Crippen LogP contribution in [-0.4, -0.2) is 23.3 Å². The maximum Gasteiger partial charge on any atom is 0.316 e. The van der Waals surface area contributed by atoms with E-state index < -0.39 is 0 Å². The zero-order chi connectivity index (χ0) is 12.0. The molecule has 0 amide bonds. The van der Waals surface area contributed by atoms with Gasteiger partial charge in [-0.3, -0.25) is 4.79 Å². The summed E-state index contributed by atoms with van der Waals surface area (Å²) in [7, 11) is 0. The standard InChI is InChI=1S/C10H11N3O2S/c1-2-15-9(14)6-16-10-7(4-11)3-8(12)5-13-10/h3,5H,2,6,12H2,1H3. The van der Waals surface area contributed by atoms with Crippen molar-refractivity contribution in [2.45, 2.75) is 11.9 Å². The highest BCUT2D eigenvalue weighted by Crippen LogP contribution is 2.21. The lowest BCUT2D eigenvalue weighted by Gasteiger charge is -2.03. The summed E-state index contributed by atoms with van der Waals surface area (Å²) >= 11 is 1.16. The fourth-order valence-electron chi connectivity index (χ4n) is 0.993. The topological polar surface area (TPSA) is 89.0 Å². The Hall–Kier alpha value is -1.74. The summed E-state index contributed by atoms with van der Waals surface area (Å²) in [6.45, 7) is 2.09. The monoisotopic (exact) mass is 237 g/mol. The number of thioether (sulfide) groups is 1. The molecule has 0 saturated heterocycles. The number of nitrogen functional groups attached to an aromatic ring is 1. The Kier molecular flexibility index (Phi) is 4.61. The van der Waals surface area contributed by atoms with Crippen molar-refractivity contribution in [3.63, 3.8) is 0 Å². The van der Waals surface area contributed by atoms with Crippen LogP contribution in [0.2, 0.25) is 0 Å². The smallest absolute Gasteiger partial charge is 0.316 e. The Morgan fingerprint density at radius 3 is 3.12 bits per heavy atom. The third-order valence-corrected chi connectivity index (χ3v) is 2.60. The molecule has 1 heterocycles. The molecule has 1 aromatic rings. The zero-order valence-corrected chi connectivity index (χ0v) is 9.58. The molecule has 0 aliphatic heterocycles. The molecule has 2 N–H and O–H groups in total. The first kappa shape index (κ1) is 12.3. The zero-order valence-electron chi connectivity index (χ0n) is 8.77. The summed E-state index contributed by atoms with van der Waals surface area (Å²) in [5.41, 5.74) is 6.29. The second-order valence-electron chi connectivity index (χ2n) is 2.83. The second kappa shape index (κ2) is 5.98. The van der Waals surface area contributed by atoms with E-state index in [2.05, 4.69) is 4.98 Å². The minimum absolute atomic E-state index is 0.138. The van der Waals surface area contributed by atoms with Crippen LogP contribution in [0, 0.1) is 11.3 Å². The molecule has 16 heavy (non-hydrogen) atoms. The van der Waals surface area contributed by atoms with Crippen LogP contribution in [0.5, 0.6) is 0 Å². The van der Waals surface area contributed by atoms with E-state index in [1.165, 1.54) is 12.3 Å².